The summed E-state index contributed by atoms with van der Waals surface area (Å²) in [4.78, 5) is 11.4. The lowest BCUT2D eigenvalue weighted by atomic mass is 10.1. The van der Waals surface area contributed by atoms with E-state index in [1.165, 1.54) is 0 Å². The van der Waals surface area contributed by atoms with Crippen LogP contribution in [-0.2, 0) is 11.3 Å². The molecule has 1 aromatic rings. The summed E-state index contributed by atoms with van der Waals surface area (Å²) in [6.45, 7) is 4.09. The molecule has 0 unspecified atom stereocenters. The number of rotatable bonds is 4. The molecule has 0 spiro atoms. The van der Waals surface area contributed by atoms with Crippen molar-refractivity contribution in [2.45, 2.75) is 26.5 Å². The smallest absolute Gasteiger partial charge is 0.249 e. The molecule has 0 aliphatic rings. The highest BCUT2D eigenvalue weighted by Crippen LogP contribution is 2.02. The molecule has 82 valence electrons. The summed E-state index contributed by atoms with van der Waals surface area (Å²) in [6.07, 6.45) is -0.922. The van der Waals surface area contributed by atoms with Crippen LogP contribution in [0.25, 0.3) is 0 Å². The van der Waals surface area contributed by atoms with Crippen molar-refractivity contribution in [3.8, 4) is 0 Å². The maximum Gasteiger partial charge on any atom is 0.249 e. The predicted molar refractivity (Wildman–Crippen MR) is 59.1 cm³/mol. The van der Waals surface area contributed by atoms with Gasteiger partial charge in [-0.25, -0.2) is 0 Å². The van der Waals surface area contributed by atoms with E-state index in [9.17, 15) is 9.90 Å². The third-order valence-corrected chi connectivity index (χ3v) is 2.21. The van der Waals surface area contributed by atoms with Crippen molar-refractivity contribution in [3.05, 3.63) is 35.9 Å². The van der Waals surface area contributed by atoms with Crippen LogP contribution < -0.4 is 5.32 Å². The van der Waals surface area contributed by atoms with Gasteiger partial charge in [-0.2, -0.15) is 0 Å². The molecule has 0 aliphatic carbocycles. The van der Waals surface area contributed by atoms with E-state index in [1.54, 1.807) is 0 Å². The van der Waals surface area contributed by atoms with E-state index in [2.05, 4.69) is 5.32 Å². The minimum atomic E-state index is -0.922. The summed E-state index contributed by atoms with van der Waals surface area (Å²) in [7, 11) is 0. The van der Waals surface area contributed by atoms with E-state index in [4.69, 9.17) is 0 Å². The summed E-state index contributed by atoms with van der Waals surface area (Å²) in [5, 5.41) is 12.2. The molecule has 3 heteroatoms. The number of carbonyl (C=O) groups excluding carboxylic acids is 1. The molecule has 0 bridgehead atoms. The molecule has 0 saturated heterocycles. The van der Waals surface area contributed by atoms with Crippen LogP contribution in [0.1, 0.15) is 19.4 Å². The molecule has 1 aromatic carbocycles. The van der Waals surface area contributed by atoms with Crippen molar-refractivity contribution in [3.63, 3.8) is 0 Å². The third kappa shape index (κ3) is 3.72. The van der Waals surface area contributed by atoms with Crippen molar-refractivity contribution < 1.29 is 9.90 Å². The van der Waals surface area contributed by atoms with Gasteiger partial charge in [0.1, 0.15) is 6.10 Å². The van der Waals surface area contributed by atoms with Crippen LogP contribution in [0, 0.1) is 5.92 Å². The van der Waals surface area contributed by atoms with Gasteiger partial charge in [-0.05, 0) is 11.5 Å². The normalized spacial score (nSPS) is 12.5. The lowest BCUT2D eigenvalue weighted by Gasteiger charge is -2.14. The SMILES string of the molecule is CC(C)[C@H](O)C(=O)NCc1ccccc1. The summed E-state index contributed by atoms with van der Waals surface area (Å²) in [5.41, 5.74) is 1.03. The van der Waals surface area contributed by atoms with E-state index in [0.29, 0.717) is 6.54 Å². The first kappa shape index (κ1) is 11.7. The Labute approximate surface area is 90.1 Å². The van der Waals surface area contributed by atoms with Crippen molar-refractivity contribution in [1.29, 1.82) is 0 Å². The van der Waals surface area contributed by atoms with Gasteiger partial charge in [0.2, 0.25) is 5.91 Å². The van der Waals surface area contributed by atoms with Gasteiger partial charge in [0.15, 0.2) is 0 Å². The number of aliphatic hydroxyl groups excluding tert-OH is 1. The minimum Gasteiger partial charge on any atom is -0.383 e. The second kappa shape index (κ2) is 5.51. The number of nitrogens with one attached hydrogen (secondary N) is 1. The first-order valence-corrected chi connectivity index (χ1v) is 5.11. The molecule has 0 aliphatic heterocycles. The molecule has 2 N–H and O–H groups in total. The molecule has 0 radical (unpaired) electrons. The number of hydrogen-bond acceptors (Lipinski definition) is 2. The van der Waals surface area contributed by atoms with E-state index in [-0.39, 0.29) is 11.8 Å². The molecule has 1 amide bonds. The minimum absolute atomic E-state index is 0.0548. The van der Waals surface area contributed by atoms with Crippen LogP contribution in [-0.4, -0.2) is 17.1 Å². The molecular weight excluding hydrogens is 190 g/mol. The van der Waals surface area contributed by atoms with Gasteiger partial charge < -0.3 is 10.4 Å². The fourth-order valence-corrected chi connectivity index (χ4v) is 1.19. The molecule has 0 fully saturated rings. The van der Waals surface area contributed by atoms with Crippen molar-refractivity contribution in [2.75, 3.05) is 0 Å². The Morgan fingerprint density at radius 1 is 1.33 bits per heavy atom. The summed E-state index contributed by atoms with van der Waals surface area (Å²) >= 11 is 0. The van der Waals surface area contributed by atoms with Gasteiger partial charge in [0.25, 0.3) is 0 Å². The Kier molecular flexibility index (Phi) is 4.31. The van der Waals surface area contributed by atoms with Gasteiger partial charge >= 0.3 is 0 Å². The lowest BCUT2D eigenvalue weighted by molar-refractivity contribution is -0.131. The topological polar surface area (TPSA) is 49.3 Å². The van der Waals surface area contributed by atoms with Crippen LogP contribution in [0.2, 0.25) is 0 Å². The Balaban J connectivity index is 2.41. The molecular formula is C12H17NO2. The van der Waals surface area contributed by atoms with Crippen LogP contribution >= 0.6 is 0 Å². The highest BCUT2D eigenvalue weighted by Gasteiger charge is 2.17. The highest BCUT2D eigenvalue weighted by molar-refractivity contribution is 5.80. The molecule has 3 nitrogen and oxygen atoms in total. The van der Waals surface area contributed by atoms with Crippen molar-refractivity contribution in [1.82, 2.24) is 5.32 Å². The van der Waals surface area contributed by atoms with E-state index in [0.717, 1.165) is 5.56 Å². The van der Waals surface area contributed by atoms with E-state index in [1.807, 2.05) is 44.2 Å². The average molecular weight is 207 g/mol. The lowest BCUT2D eigenvalue weighted by Crippen LogP contribution is -2.37. The predicted octanol–water partition coefficient (Wildman–Crippen LogP) is 1.32. The Morgan fingerprint density at radius 2 is 1.93 bits per heavy atom. The molecule has 1 atom stereocenters. The van der Waals surface area contributed by atoms with Crippen LogP contribution in [0.15, 0.2) is 30.3 Å². The van der Waals surface area contributed by atoms with Crippen LogP contribution in [0.4, 0.5) is 0 Å². The van der Waals surface area contributed by atoms with Gasteiger partial charge in [-0.1, -0.05) is 44.2 Å². The fourth-order valence-electron chi connectivity index (χ4n) is 1.19. The summed E-state index contributed by atoms with van der Waals surface area (Å²) < 4.78 is 0. The fraction of sp³-hybridized carbons (Fsp3) is 0.417. The van der Waals surface area contributed by atoms with Crippen molar-refractivity contribution in [2.24, 2.45) is 5.92 Å². The maximum absolute atomic E-state index is 11.4. The zero-order valence-corrected chi connectivity index (χ0v) is 9.10. The number of carbonyl (C=O) groups is 1. The number of benzene rings is 1. The van der Waals surface area contributed by atoms with Gasteiger partial charge in [-0.3, -0.25) is 4.79 Å². The van der Waals surface area contributed by atoms with E-state index >= 15 is 0 Å². The van der Waals surface area contributed by atoms with Gasteiger partial charge in [0, 0.05) is 6.54 Å². The largest absolute Gasteiger partial charge is 0.383 e. The first-order chi connectivity index (χ1) is 7.11. The van der Waals surface area contributed by atoms with Gasteiger partial charge in [-0.15, -0.1) is 0 Å². The number of amides is 1. The number of aliphatic hydroxyl groups is 1. The second-order valence-electron chi connectivity index (χ2n) is 3.89. The zero-order chi connectivity index (χ0) is 11.3. The average Bonchev–Trinajstić information content (AvgIpc) is 2.26. The maximum atomic E-state index is 11.4. The Hall–Kier alpha value is -1.35. The quantitative estimate of drug-likeness (QED) is 0.782. The monoisotopic (exact) mass is 207 g/mol. The highest BCUT2D eigenvalue weighted by atomic mass is 16.3. The van der Waals surface area contributed by atoms with Crippen molar-refractivity contribution >= 4 is 5.91 Å². The molecule has 1 rings (SSSR count). The van der Waals surface area contributed by atoms with Gasteiger partial charge in [0.05, 0.1) is 0 Å². The Morgan fingerprint density at radius 3 is 2.47 bits per heavy atom. The zero-order valence-electron chi connectivity index (χ0n) is 9.10. The van der Waals surface area contributed by atoms with Crippen LogP contribution in [0.3, 0.4) is 0 Å². The number of hydrogen-bond donors (Lipinski definition) is 2. The molecule has 0 aromatic heterocycles. The molecule has 0 heterocycles. The summed E-state index contributed by atoms with van der Waals surface area (Å²) in [5.74, 6) is -0.366. The first-order valence-electron chi connectivity index (χ1n) is 5.11. The van der Waals surface area contributed by atoms with E-state index < -0.39 is 6.10 Å². The Bertz CT molecular complexity index is 309. The molecule has 15 heavy (non-hydrogen) atoms. The van der Waals surface area contributed by atoms with Crippen LogP contribution in [0.5, 0.6) is 0 Å². The standard InChI is InChI=1S/C12H17NO2/c1-9(2)11(14)12(15)13-8-10-6-4-3-5-7-10/h3-7,9,11,14H,8H2,1-2H3,(H,13,15)/t11-/m0/s1. The third-order valence-electron chi connectivity index (χ3n) is 2.21. The summed E-state index contributed by atoms with van der Waals surface area (Å²) in [6, 6.07) is 9.62. The molecule has 0 saturated carbocycles. The second-order valence-corrected chi connectivity index (χ2v) is 3.89.